The number of esters is 2. The number of phosphoric ester groups is 1. The van der Waals surface area contributed by atoms with Crippen molar-refractivity contribution in [3.05, 3.63) is 48.6 Å². The molecule has 0 radical (unpaired) electrons. The van der Waals surface area contributed by atoms with Gasteiger partial charge in [0, 0.05) is 19.4 Å². The Labute approximate surface area is 362 Å². The van der Waals surface area contributed by atoms with Gasteiger partial charge in [0.15, 0.2) is 6.10 Å². The van der Waals surface area contributed by atoms with Gasteiger partial charge in [-0.1, -0.05) is 178 Å². The van der Waals surface area contributed by atoms with Crippen LogP contribution in [0.5, 0.6) is 0 Å². The highest BCUT2D eigenvalue weighted by atomic mass is 31.2. The van der Waals surface area contributed by atoms with Crippen LogP contribution in [0, 0.1) is 0 Å². The number of rotatable bonds is 45. The quantitative estimate of drug-likeness (QED) is 0.0266. The normalized spacial score (nSPS) is 13.6. The highest BCUT2D eigenvalue weighted by molar-refractivity contribution is 7.47. The number of nitrogens with two attached hydrogens (primary N) is 1. The van der Waals surface area contributed by atoms with Gasteiger partial charge in [-0.3, -0.25) is 18.6 Å². The summed E-state index contributed by atoms with van der Waals surface area (Å²) in [5.74, 6) is -0.842. The Hall–Kier alpha value is -2.03. The van der Waals surface area contributed by atoms with Crippen LogP contribution in [0.4, 0.5) is 0 Å². The first-order chi connectivity index (χ1) is 28.8. The largest absolute Gasteiger partial charge is 0.472 e. The average molecular weight is 852 g/mol. The molecular formula is C49H90NO8P. The molecule has 0 aliphatic heterocycles. The molecule has 0 aliphatic rings. The van der Waals surface area contributed by atoms with E-state index < -0.39 is 26.5 Å². The minimum Gasteiger partial charge on any atom is -0.462 e. The van der Waals surface area contributed by atoms with Crippen LogP contribution in [0.1, 0.15) is 219 Å². The van der Waals surface area contributed by atoms with Crippen molar-refractivity contribution in [3.63, 3.8) is 0 Å². The standard InChI is InChI=1S/C49H90NO8P/c1-3-5-7-9-11-13-15-17-19-21-23-25-27-29-31-33-35-37-39-41-48(51)55-45-47(46-57-59(53,54)56-44-43-50)58-49(52)42-40-38-36-34-32-30-28-26-24-22-20-18-16-14-12-10-8-6-4-2/h12,14,17-20,24,26,47H,3-11,13,15-16,21-23,25,27-46,50H2,1-2H3,(H,53,54)/b14-12-,19-17-,20-18-,26-24-. The van der Waals surface area contributed by atoms with E-state index in [4.69, 9.17) is 24.3 Å². The van der Waals surface area contributed by atoms with Gasteiger partial charge in [-0.15, -0.1) is 0 Å². The Morgan fingerprint density at radius 2 is 0.881 bits per heavy atom. The lowest BCUT2D eigenvalue weighted by Crippen LogP contribution is -2.29. The number of hydrogen-bond donors (Lipinski definition) is 2. The Bertz CT molecular complexity index is 1110. The zero-order valence-electron chi connectivity index (χ0n) is 38.0. The number of carbonyl (C=O) groups excluding carboxylic acids is 2. The zero-order valence-corrected chi connectivity index (χ0v) is 38.9. The second-order valence-electron chi connectivity index (χ2n) is 16.0. The summed E-state index contributed by atoms with van der Waals surface area (Å²) < 4.78 is 32.9. The van der Waals surface area contributed by atoms with Crippen molar-refractivity contribution in [2.24, 2.45) is 5.73 Å². The van der Waals surface area contributed by atoms with Crippen molar-refractivity contribution >= 4 is 19.8 Å². The molecule has 10 heteroatoms. The minimum atomic E-state index is -4.39. The zero-order chi connectivity index (χ0) is 43.2. The Morgan fingerprint density at radius 1 is 0.508 bits per heavy atom. The summed E-state index contributed by atoms with van der Waals surface area (Å²) >= 11 is 0. The van der Waals surface area contributed by atoms with Crippen LogP contribution in [0.2, 0.25) is 0 Å². The summed E-state index contributed by atoms with van der Waals surface area (Å²) in [6, 6.07) is 0. The van der Waals surface area contributed by atoms with Gasteiger partial charge in [0.1, 0.15) is 6.61 Å². The molecule has 2 unspecified atom stereocenters. The number of carbonyl (C=O) groups is 2. The molecule has 0 aromatic heterocycles. The molecule has 0 fully saturated rings. The van der Waals surface area contributed by atoms with E-state index in [1.807, 2.05) is 0 Å². The van der Waals surface area contributed by atoms with Crippen molar-refractivity contribution in [2.75, 3.05) is 26.4 Å². The summed E-state index contributed by atoms with van der Waals surface area (Å²) in [6.07, 6.45) is 52.8. The number of allylic oxidation sites excluding steroid dienone is 8. The van der Waals surface area contributed by atoms with E-state index in [0.29, 0.717) is 6.42 Å². The number of unbranched alkanes of at least 4 members (excludes halogenated alkanes) is 24. The SMILES string of the molecule is CCCCC/C=C\C/C=C\C/C=C\CCCCCCCCC(=O)OC(COC(=O)CCCCCCCCCCC/C=C\CCCCCCCC)COP(=O)(O)OCCN. The van der Waals surface area contributed by atoms with Crippen molar-refractivity contribution in [2.45, 2.75) is 225 Å². The Balaban J connectivity index is 4.12. The topological polar surface area (TPSA) is 134 Å². The lowest BCUT2D eigenvalue weighted by molar-refractivity contribution is -0.161. The first-order valence-electron chi connectivity index (χ1n) is 24.1. The maximum atomic E-state index is 12.6. The Kier molecular flexibility index (Phi) is 43.9. The van der Waals surface area contributed by atoms with Crippen LogP contribution >= 0.6 is 7.82 Å². The fraction of sp³-hybridized carbons (Fsp3) is 0.796. The van der Waals surface area contributed by atoms with Crippen molar-refractivity contribution < 1.29 is 37.6 Å². The molecule has 0 aromatic carbocycles. The number of ether oxygens (including phenoxy) is 2. The molecule has 344 valence electrons. The van der Waals surface area contributed by atoms with Gasteiger partial charge in [-0.25, -0.2) is 4.57 Å². The Morgan fingerprint density at radius 3 is 1.36 bits per heavy atom. The summed E-state index contributed by atoms with van der Waals surface area (Å²) in [4.78, 5) is 35.0. The maximum absolute atomic E-state index is 12.6. The van der Waals surface area contributed by atoms with Gasteiger partial charge >= 0.3 is 19.8 Å². The van der Waals surface area contributed by atoms with Crippen molar-refractivity contribution in [1.29, 1.82) is 0 Å². The highest BCUT2D eigenvalue weighted by Gasteiger charge is 2.26. The summed E-state index contributed by atoms with van der Waals surface area (Å²) in [5.41, 5.74) is 5.36. The molecule has 0 rings (SSSR count). The van der Waals surface area contributed by atoms with Gasteiger partial charge in [0.05, 0.1) is 13.2 Å². The fourth-order valence-electron chi connectivity index (χ4n) is 6.58. The fourth-order valence-corrected chi connectivity index (χ4v) is 7.34. The van der Waals surface area contributed by atoms with Gasteiger partial charge in [-0.2, -0.15) is 0 Å². The van der Waals surface area contributed by atoms with Crippen LogP contribution in [-0.2, 0) is 32.7 Å². The predicted octanol–water partition coefficient (Wildman–Crippen LogP) is 14.3. The molecule has 0 saturated heterocycles. The second kappa shape index (κ2) is 45.5. The predicted molar refractivity (Wildman–Crippen MR) is 247 cm³/mol. The van der Waals surface area contributed by atoms with Crippen LogP contribution in [0.25, 0.3) is 0 Å². The molecule has 0 aliphatic carbocycles. The smallest absolute Gasteiger partial charge is 0.462 e. The van der Waals surface area contributed by atoms with Gasteiger partial charge in [0.25, 0.3) is 0 Å². The van der Waals surface area contributed by atoms with E-state index >= 15 is 0 Å². The number of hydrogen-bond acceptors (Lipinski definition) is 8. The molecule has 9 nitrogen and oxygen atoms in total. The summed E-state index contributed by atoms with van der Waals surface area (Å²) in [5, 5.41) is 0. The lowest BCUT2D eigenvalue weighted by atomic mass is 10.1. The van der Waals surface area contributed by atoms with Gasteiger partial charge in [0.2, 0.25) is 0 Å². The van der Waals surface area contributed by atoms with Crippen LogP contribution in [0.3, 0.4) is 0 Å². The van der Waals surface area contributed by atoms with E-state index in [1.54, 1.807) is 0 Å². The van der Waals surface area contributed by atoms with Crippen LogP contribution in [0.15, 0.2) is 48.6 Å². The van der Waals surface area contributed by atoms with Crippen molar-refractivity contribution in [3.8, 4) is 0 Å². The molecule has 0 amide bonds. The molecule has 0 heterocycles. The average Bonchev–Trinajstić information content (AvgIpc) is 3.22. The molecule has 0 aromatic rings. The van der Waals surface area contributed by atoms with E-state index in [9.17, 15) is 19.0 Å². The third-order valence-electron chi connectivity index (χ3n) is 10.2. The summed E-state index contributed by atoms with van der Waals surface area (Å²) in [6.45, 7) is 3.70. The molecular weight excluding hydrogens is 762 g/mol. The first-order valence-corrected chi connectivity index (χ1v) is 25.6. The van der Waals surface area contributed by atoms with Crippen molar-refractivity contribution in [1.82, 2.24) is 0 Å². The van der Waals surface area contributed by atoms with E-state index in [1.165, 1.54) is 116 Å². The molecule has 3 N–H and O–H groups in total. The van der Waals surface area contributed by atoms with E-state index in [2.05, 4.69) is 62.5 Å². The molecule has 0 bridgehead atoms. The van der Waals surface area contributed by atoms with Gasteiger partial charge in [-0.05, 0) is 77.0 Å². The summed E-state index contributed by atoms with van der Waals surface area (Å²) in [7, 11) is -4.39. The second-order valence-corrected chi connectivity index (χ2v) is 17.4. The third-order valence-corrected chi connectivity index (χ3v) is 11.2. The molecule has 0 saturated carbocycles. The van der Waals surface area contributed by atoms with Crippen LogP contribution in [-0.4, -0.2) is 49.3 Å². The number of phosphoric acid groups is 1. The van der Waals surface area contributed by atoms with E-state index in [-0.39, 0.29) is 38.6 Å². The van der Waals surface area contributed by atoms with Crippen LogP contribution < -0.4 is 5.73 Å². The monoisotopic (exact) mass is 852 g/mol. The molecule has 2 atom stereocenters. The highest BCUT2D eigenvalue weighted by Crippen LogP contribution is 2.43. The lowest BCUT2D eigenvalue weighted by Gasteiger charge is -2.19. The minimum absolute atomic E-state index is 0.0496. The first kappa shape index (κ1) is 57.0. The molecule has 59 heavy (non-hydrogen) atoms. The van der Waals surface area contributed by atoms with E-state index in [0.717, 1.165) is 70.6 Å². The molecule has 0 spiro atoms. The third kappa shape index (κ3) is 45.3. The maximum Gasteiger partial charge on any atom is 0.472 e. The van der Waals surface area contributed by atoms with Gasteiger partial charge < -0.3 is 20.1 Å².